The van der Waals surface area contributed by atoms with Gasteiger partial charge in [-0.2, -0.15) is 0 Å². The van der Waals surface area contributed by atoms with Gasteiger partial charge in [-0.3, -0.25) is 0 Å². The highest BCUT2D eigenvalue weighted by molar-refractivity contribution is 6.74. The Labute approximate surface area is 107 Å². The van der Waals surface area contributed by atoms with Gasteiger partial charge in [0.1, 0.15) is 12.9 Å². The molecule has 0 fully saturated rings. The van der Waals surface area contributed by atoms with Crippen LogP contribution in [0, 0.1) is 12.3 Å². The summed E-state index contributed by atoms with van der Waals surface area (Å²) in [4.78, 5) is 0. The van der Waals surface area contributed by atoms with Gasteiger partial charge in [-0.25, -0.2) is 0 Å². The zero-order chi connectivity index (χ0) is 13.7. The smallest absolute Gasteiger partial charge is 0.192 e. The van der Waals surface area contributed by atoms with Crippen LogP contribution in [0.15, 0.2) is 0 Å². The number of hydrogen-bond donors (Lipinski definition) is 0. The minimum Gasteiger partial charge on any atom is -0.411 e. The molecule has 0 aliphatic heterocycles. The Morgan fingerprint density at radius 3 is 2.18 bits per heavy atom. The van der Waals surface area contributed by atoms with Crippen LogP contribution in [0.1, 0.15) is 27.7 Å². The third-order valence-electron chi connectivity index (χ3n) is 3.24. The standard InChI is InChI=1S/C13H26O3Si/c1-9-12(15-10-14-6)11(2)16-17(7,8)13(3,4)5/h1,11-12H,10H2,2-8H3/t11-,12+/m1/s1. The van der Waals surface area contributed by atoms with Crippen LogP contribution < -0.4 is 0 Å². The molecule has 0 N–H and O–H groups in total. The van der Waals surface area contributed by atoms with E-state index in [4.69, 9.17) is 20.3 Å². The zero-order valence-electron chi connectivity index (χ0n) is 12.2. The van der Waals surface area contributed by atoms with Crippen LogP contribution in [0.25, 0.3) is 0 Å². The van der Waals surface area contributed by atoms with Gasteiger partial charge in [0, 0.05) is 7.11 Å². The molecule has 0 aromatic carbocycles. The largest absolute Gasteiger partial charge is 0.411 e. The van der Waals surface area contributed by atoms with E-state index in [0.29, 0.717) is 0 Å². The van der Waals surface area contributed by atoms with Crippen molar-refractivity contribution in [3.05, 3.63) is 0 Å². The Hall–Kier alpha value is -0.343. The summed E-state index contributed by atoms with van der Waals surface area (Å²) in [5, 5.41) is 0.168. The van der Waals surface area contributed by atoms with Gasteiger partial charge in [-0.05, 0) is 25.1 Å². The van der Waals surface area contributed by atoms with E-state index in [0.717, 1.165) is 0 Å². The summed E-state index contributed by atoms with van der Waals surface area (Å²) >= 11 is 0. The summed E-state index contributed by atoms with van der Waals surface area (Å²) in [5.74, 6) is 2.61. The van der Waals surface area contributed by atoms with Gasteiger partial charge < -0.3 is 13.9 Å². The third-order valence-corrected chi connectivity index (χ3v) is 7.82. The van der Waals surface area contributed by atoms with Crippen LogP contribution in [-0.2, 0) is 13.9 Å². The molecule has 0 bridgehead atoms. The molecule has 0 heterocycles. The molecule has 0 unspecified atom stereocenters. The maximum absolute atomic E-state index is 6.17. The van der Waals surface area contributed by atoms with E-state index in [1.54, 1.807) is 7.11 Å². The number of terminal acetylenes is 1. The molecule has 0 amide bonds. The quantitative estimate of drug-likeness (QED) is 0.416. The van der Waals surface area contributed by atoms with Crippen LogP contribution >= 0.6 is 0 Å². The van der Waals surface area contributed by atoms with Crippen molar-refractivity contribution >= 4 is 8.32 Å². The first kappa shape index (κ1) is 16.7. The summed E-state index contributed by atoms with van der Waals surface area (Å²) in [6.45, 7) is 13.2. The SMILES string of the molecule is C#C[C@H](OCOC)[C@@H](C)O[Si](C)(C)C(C)(C)C. The summed E-state index contributed by atoms with van der Waals surface area (Å²) < 4.78 is 16.4. The number of rotatable bonds is 6. The molecule has 100 valence electrons. The number of methoxy groups -OCH3 is 1. The first-order valence-electron chi connectivity index (χ1n) is 5.90. The van der Waals surface area contributed by atoms with E-state index >= 15 is 0 Å². The second-order valence-corrected chi connectivity index (χ2v) is 10.5. The molecule has 0 aliphatic carbocycles. The average molecular weight is 258 g/mol. The van der Waals surface area contributed by atoms with Gasteiger partial charge >= 0.3 is 0 Å². The van der Waals surface area contributed by atoms with Crippen molar-refractivity contribution in [2.75, 3.05) is 13.9 Å². The Balaban J connectivity index is 4.51. The molecule has 2 atom stereocenters. The van der Waals surface area contributed by atoms with Gasteiger partial charge in [0.05, 0.1) is 6.10 Å². The highest BCUT2D eigenvalue weighted by Crippen LogP contribution is 2.37. The fraction of sp³-hybridized carbons (Fsp3) is 0.846. The maximum Gasteiger partial charge on any atom is 0.192 e. The monoisotopic (exact) mass is 258 g/mol. The van der Waals surface area contributed by atoms with Crippen molar-refractivity contribution in [2.24, 2.45) is 0 Å². The second kappa shape index (κ2) is 6.55. The van der Waals surface area contributed by atoms with Crippen molar-refractivity contribution in [2.45, 2.75) is 58.0 Å². The summed E-state index contributed by atoms with van der Waals surface area (Å²) in [5.41, 5.74) is 0. The molecule has 0 spiro atoms. The Bertz CT molecular complexity index is 263. The second-order valence-electron chi connectivity index (χ2n) is 5.74. The normalized spacial score (nSPS) is 16.4. The minimum absolute atomic E-state index is 0.115. The van der Waals surface area contributed by atoms with Gasteiger partial charge in [-0.1, -0.05) is 26.7 Å². The van der Waals surface area contributed by atoms with Crippen LogP contribution in [0.2, 0.25) is 18.1 Å². The molecule has 0 aromatic heterocycles. The molecular formula is C13H26O3Si. The van der Waals surface area contributed by atoms with Crippen LogP contribution in [0.3, 0.4) is 0 Å². The lowest BCUT2D eigenvalue weighted by Crippen LogP contribution is -2.46. The first-order valence-corrected chi connectivity index (χ1v) is 8.81. The van der Waals surface area contributed by atoms with Gasteiger partial charge in [0.2, 0.25) is 0 Å². The molecule has 0 radical (unpaired) electrons. The fourth-order valence-corrected chi connectivity index (χ4v) is 2.57. The lowest BCUT2D eigenvalue weighted by Gasteiger charge is -2.39. The van der Waals surface area contributed by atoms with Gasteiger partial charge in [-0.15, -0.1) is 6.42 Å². The molecule has 0 saturated carbocycles. The van der Waals surface area contributed by atoms with Crippen molar-refractivity contribution in [3.63, 3.8) is 0 Å². The zero-order valence-corrected chi connectivity index (χ0v) is 13.2. The lowest BCUT2D eigenvalue weighted by molar-refractivity contribution is -0.0824. The molecule has 0 saturated heterocycles. The lowest BCUT2D eigenvalue weighted by atomic mass is 10.2. The van der Waals surface area contributed by atoms with E-state index in [9.17, 15) is 0 Å². The van der Waals surface area contributed by atoms with Crippen molar-refractivity contribution < 1.29 is 13.9 Å². The van der Waals surface area contributed by atoms with Crippen molar-refractivity contribution in [3.8, 4) is 12.3 Å². The van der Waals surface area contributed by atoms with E-state index in [1.807, 2.05) is 6.92 Å². The number of ether oxygens (including phenoxy) is 2. The topological polar surface area (TPSA) is 27.7 Å². The van der Waals surface area contributed by atoms with Crippen LogP contribution in [-0.4, -0.2) is 34.4 Å². The summed E-state index contributed by atoms with van der Waals surface area (Å²) in [7, 11) is -0.226. The van der Waals surface area contributed by atoms with Crippen LogP contribution in [0.5, 0.6) is 0 Å². The predicted molar refractivity (Wildman–Crippen MR) is 73.3 cm³/mol. The molecule has 3 nitrogen and oxygen atoms in total. The van der Waals surface area contributed by atoms with Crippen molar-refractivity contribution in [1.29, 1.82) is 0 Å². The number of hydrogen-bond acceptors (Lipinski definition) is 3. The Kier molecular flexibility index (Phi) is 6.42. The molecule has 0 rings (SSSR count). The van der Waals surface area contributed by atoms with Crippen LogP contribution in [0.4, 0.5) is 0 Å². The highest BCUT2D eigenvalue weighted by Gasteiger charge is 2.39. The van der Waals surface area contributed by atoms with Gasteiger partial charge in [0.25, 0.3) is 0 Å². The molecule has 0 aromatic rings. The maximum atomic E-state index is 6.17. The van der Waals surface area contributed by atoms with E-state index in [1.165, 1.54) is 0 Å². The molecule has 4 heteroatoms. The highest BCUT2D eigenvalue weighted by atomic mass is 28.4. The average Bonchev–Trinajstić information content (AvgIpc) is 2.16. The molecular weight excluding hydrogens is 232 g/mol. The van der Waals surface area contributed by atoms with Crippen molar-refractivity contribution in [1.82, 2.24) is 0 Å². The Morgan fingerprint density at radius 1 is 1.29 bits per heavy atom. The summed E-state index contributed by atoms with van der Waals surface area (Å²) in [6, 6.07) is 0. The van der Waals surface area contributed by atoms with E-state index in [-0.39, 0.29) is 24.0 Å². The first-order chi connectivity index (χ1) is 7.65. The third kappa shape index (κ3) is 5.22. The molecule has 17 heavy (non-hydrogen) atoms. The fourth-order valence-electron chi connectivity index (χ4n) is 1.16. The van der Waals surface area contributed by atoms with E-state index in [2.05, 4.69) is 39.8 Å². The molecule has 0 aliphatic rings. The predicted octanol–water partition coefficient (Wildman–Crippen LogP) is 3.02. The van der Waals surface area contributed by atoms with E-state index < -0.39 is 8.32 Å². The summed E-state index contributed by atoms with van der Waals surface area (Å²) in [6.07, 6.45) is 4.98. The Morgan fingerprint density at radius 2 is 1.82 bits per heavy atom. The minimum atomic E-state index is -1.80. The van der Waals surface area contributed by atoms with Gasteiger partial charge in [0.15, 0.2) is 8.32 Å².